The summed E-state index contributed by atoms with van der Waals surface area (Å²) in [7, 11) is 0. The van der Waals surface area contributed by atoms with Crippen LogP contribution in [0.25, 0.3) is 21.8 Å². The number of hydrogen-bond acceptors (Lipinski definition) is 0. The van der Waals surface area contributed by atoms with Gasteiger partial charge in [0.05, 0.1) is 0 Å². The minimum atomic E-state index is -2.02. The quantitative estimate of drug-likeness (QED) is 0.482. The summed E-state index contributed by atoms with van der Waals surface area (Å²) in [4.78, 5) is 19.7. The topological polar surface area (TPSA) is 14.1 Å². The van der Waals surface area contributed by atoms with Crippen molar-refractivity contribution in [1.82, 2.24) is 4.98 Å². The van der Waals surface area contributed by atoms with Crippen LogP contribution in [-0.4, -0.2) is 36.8 Å². The molecule has 2 aromatic carbocycles. The van der Waals surface area contributed by atoms with E-state index in [1.54, 1.807) is 7.16 Å². The fraction of sp³-hybridized carbons (Fsp3) is 0.333. The van der Waals surface area contributed by atoms with Gasteiger partial charge in [0.25, 0.3) is 0 Å². The molecule has 1 heterocycles. The summed E-state index contributed by atoms with van der Waals surface area (Å²) in [6.07, 6.45) is 0. The maximum atomic E-state index is 4.81. The molecule has 1 aromatic heterocycles. The molecule has 22 heavy (non-hydrogen) atoms. The van der Waals surface area contributed by atoms with E-state index < -0.39 is 36.8 Å². The van der Waals surface area contributed by atoms with Gasteiger partial charge in [0.1, 0.15) is 0 Å². The number of hydrogen-bond donors (Lipinski definition) is 0. The molecule has 0 atom stereocenters. The molecule has 3 aromatic rings. The molecule has 0 radical (unpaired) electrons. The maximum Gasteiger partial charge on any atom is 1.00 e. The molecular formula is C18H24LiNSn2. The molecule has 0 unspecified atom stereocenters. The van der Waals surface area contributed by atoms with E-state index in [1.807, 2.05) is 0 Å². The second-order valence-corrected chi connectivity index (χ2v) is 37.1. The fourth-order valence-electron chi connectivity index (χ4n) is 2.76. The summed E-state index contributed by atoms with van der Waals surface area (Å²) in [6, 6.07) is 14.0. The van der Waals surface area contributed by atoms with Gasteiger partial charge in [-0.15, -0.1) is 0 Å². The van der Waals surface area contributed by atoms with Gasteiger partial charge in [0.15, 0.2) is 0 Å². The standard InChI is InChI=1S/C12H6N.6CH3.Li.2Sn/c1-3-7-11-9(5-1)10-6-2-4-8-12(10)13-11;;;;;;;;;/h3-8H;6*1H3;;;/q-1;;;;;;;+1;;. The van der Waals surface area contributed by atoms with E-state index in [-0.39, 0.29) is 18.9 Å². The Morgan fingerprint density at radius 3 is 1.32 bits per heavy atom. The Bertz CT molecular complexity index is 754. The first kappa shape index (κ1) is 18.8. The fourth-order valence-corrected chi connectivity index (χ4v) is 9.39. The first-order valence-electron chi connectivity index (χ1n) is 7.67. The van der Waals surface area contributed by atoms with Crippen LogP contribution < -0.4 is 31.0 Å². The van der Waals surface area contributed by atoms with Gasteiger partial charge in [0, 0.05) is 0 Å². The zero-order valence-electron chi connectivity index (χ0n) is 14.9. The minimum Gasteiger partial charge on any atom is 1.00 e. The SMILES string of the molecule is [CH3][Sn]([CH3])([CH3])[c]1ccc2[n-]c3cc[c]([Sn]([CH3])([CH3])[CH3])cc3c2c1.[Li+]. The molecule has 0 N–H and O–H groups in total. The van der Waals surface area contributed by atoms with Gasteiger partial charge in [-0.25, -0.2) is 0 Å². The predicted molar refractivity (Wildman–Crippen MR) is 101 cm³/mol. The summed E-state index contributed by atoms with van der Waals surface area (Å²) < 4.78 is 3.19. The second kappa shape index (κ2) is 6.39. The molecule has 0 saturated carbocycles. The van der Waals surface area contributed by atoms with Gasteiger partial charge >= 0.3 is 156 Å². The normalized spacial score (nSPS) is 12.6. The Labute approximate surface area is 154 Å². The van der Waals surface area contributed by atoms with E-state index in [0.29, 0.717) is 0 Å². The van der Waals surface area contributed by atoms with Crippen LogP contribution in [0.3, 0.4) is 0 Å². The Kier molecular flexibility index (Phi) is 5.45. The molecule has 0 aliphatic rings. The largest absolute Gasteiger partial charge is 1.00 e. The van der Waals surface area contributed by atoms with E-state index >= 15 is 0 Å². The molecular weight excluding hydrogens is 475 g/mol. The zero-order valence-corrected chi connectivity index (χ0v) is 20.6. The molecule has 110 valence electrons. The summed E-state index contributed by atoms with van der Waals surface area (Å²) in [5, 5.41) is 2.73. The van der Waals surface area contributed by atoms with Crippen molar-refractivity contribution in [3.8, 4) is 0 Å². The molecule has 3 rings (SSSR count). The number of fused-ring (bicyclic) bond motifs is 3. The van der Waals surface area contributed by atoms with Crippen LogP contribution in [0.15, 0.2) is 36.4 Å². The van der Waals surface area contributed by atoms with Crippen molar-refractivity contribution >= 4 is 65.7 Å². The molecule has 0 fully saturated rings. The number of nitrogens with zero attached hydrogens (tertiary/aromatic N) is 1. The van der Waals surface area contributed by atoms with Crippen molar-refractivity contribution in [2.75, 3.05) is 0 Å². The summed E-state index contributed by atoms with van der Waals surface area (Å²) >= 11 is -4.04. The number of aromatic nitrogens is 1. The van der Waals surface area contributed by atoms with Crippen LogP contribution in [-0.2, 0) is 0 Å². The van der Waals surface area contributed by atoms with Crippen LogP contribution in [0.2, 0.25) is 29.6 Å². The van der Waals surface area contributed by atoms with Crippen LogP contribution in [0.4, 0.5) is 0 Å². The number of benzene rings is 2. The van der Waals surface area contributed by atoms with Crippen molar-refractivity contribution in [2.45, 2.75) is 29.6 Å². The summed E-state index contributed by atoms with van der Waals surface area (Å²) in [6.45, 7) is 0. The van der Waals surface area contributed by atoms with Crippen molar-refractivity contribution in [2.24, 2.45) is 0 Å². The Morgan fingerprint density at radius 2 is 1.00 bits per heavy atom. The molecule has 0 bridgehead atoms. The van der Waals surface area contributed by atoms with Gasteiger partial charge in [-0.2, -0.15) is 0 Å². The van der Waals surface area contributed by atoms with E-state index in [1.165, 1.54) is 10.8 Å². The Balaban J connectivity index is 0.00000176. The van der Waals surface area contributed by atoms with Crippen molar-refractivity contribution in [1.29, 1.82) is 0 Å². The Hall–Kier alpha value is 0.435. The molecule has 0 aliphatic carbocycles. The molecule has 0 amide bonds. The van der Waals surface area contributed by atoms with Crippen molar-refractivity contribution < 1.29 is 18.9 Å². The average molecular weight is 499 g/mol. The third-order valence-corrected chi connectivity index (χ3v) is 15.9. The van der Waals surface area contributed by atoms with E-state index in [4.69, 9.17) is 4.98 Å². The van der Waals surface area contributed by atoms with Crippen LogP contribution in [0, 0.1) is 0 Å². The zero-order chi connectivity index (χ0) is 15.4. The van der Waals surface area contributed by atoms with Gasteiger partial charge in [-0.1, -0.05) is 0 Å². The monoisotopic (exact) mass is 501 g/mol. The van der Waals surface area contributed by atoms with Crippen LogP contribution in [0.5, 0.6) is 0 Å². The number of rotatable bonds is 2. The second-order valence-electron chi connectivity index (χ2n) is 8.08. The molecule has 0 saturated heterocycles. The van der Waals surface area contributed by atoms with Crippen molar-refractivity contribution in [3.63, 3.8) is 0 Å². The smallest absolute Gasteiger partial charge is 1.00 e. The molecule has 0 aliphatic heterocycles. The maximum absolute atomic E-state index is 4.81. The minimum absolute atomic E-state index is 0. The van der Waals surface area contributed by atoms with Gasteiger partial charge in [0.2, 0.25) is 0 Å². The van der Waals surface area contributed by atoms with Gasteiger partial charge in [-0.3, -0.25) is 0 Å². The van der Waals surface area contributed by atoms with E-state index in [0.717, 1.165) is 11.0 Å². The van der Waals surface area contributed by atoms with E-state index in [9.17, 15) is 0 Å². The predicted octanol–water partition coefficient (Wildman–Crippen LogP) is 1.04. The van der Waals surface area contributed by atoms with E-state index in [2.05, 4.69) is 66.0 Å². The summed E-state index contributed by atoms with van der Waals surface area (Å²) in [5.41, 5.74) is 2.32. The third-order valence-electron chi connectivity index (χ3n) is 4.26. The first-order valence-corrected chi connectivity index (χ1v) is 27.7. The molecule has 4 heteroatoms. The molecule has 1 nitrogen and oxygen atoms in total. The first-order chi connectivity index (χ1) is 9.66. The van der Waals surface area contributed by atoms with Gasteiger partial charge in [-0.05, 0) is 0 Å². The van der Waals surface area contributed by atoms with Crippen molar-refractivity contribution in [3.05, 3.63) is 36.4 Å². The van der Waals surface area contributed by atoms with Crippen LogP contribution in [0.1, 0.15) is 0 Å². The van der Waals surface area contributed by atoms with Gasteiger partial charge < -0.3 is 0 Å². The molecule has 0 spiro atoms. The third kappa shape index (κ3) is 3.58. The summed E-state index contributed by atoms with van der Waals surface area (Å²) in [5.74, 6) is 0. The Morgan fingerprint density at radius 1 is 0.636 bits per heavy atom. The average Bonchev–Trinajstić information content (AvgIpc) is 2.73. The van der Waals surface area contributed by atoms with Crippen LogP contribution >= 0.6 is 0 Å².